The van der Waals surface area contributed by atoms with E-state index in [0.29, 0.717) is 6.54 Å². The van der Waals surface area contributed by atoms with E-state index in [9.17, 15) is 14.0 Å². The molecule has 0 aliphatic carbocycles. The molecule has 0 N–H and O–H groups in total. The number of halogens is 2. The van der Waals surface area contributed by atoms with Crippen LogP contribution in [0, 0.1) is 5.82 Å². The second-order valence-corrected chi connectivity index (χ2v) is 6.88. The van der Waals surface area contributed by atoms with Crippen LogP contribution in [0.1, 0.15) is 31.8 Å². The number of nitrogens with zero attached hydrogens (tertiary/aromatic N) is 1. The first-order chi connectivity index (χ1) is 14.0. The predicted molar refractivity (Wildman–Crippen MR) is 109 cm³/mol. The maximum Gasteiger partial charge on any atom is 0.339 e. The van der Waals surface area contributed by atoms with Crippen molar-refractivity contribution in [2.75, 3.05) is 7.05 Å². The average Bonchev–Trinajstić information content (AvgIpc) is 2.73. The van der Waals surface area contributed by atoms with Crippen molar-refractivity contribution in [2.24, 2.45) is 0 Å². The minimum atomic E-state index is -0.721. The first kappa shape index (κ1) is 20.6. The number of ether oxygens (including phenoxy) is 1. The smallest absolute Gasteiger partial charge is 0.339 e. The molecule has 29 heavy (non-hydrogen) atoms. The molecule has 0 saturated carbocycles. The molecule has 0 aromatic heterocycles. The topological polar surface area (TPSA) is 46.6 Å². The molecule has 0 saturated heterocycles. The van der Waals surface area contributed by atoms with Gasteiger partial charge in [0.15, 0.2) is 0 Å². The van der Waals surface area contributed by atoms with Crippen molar-refractivity contribution in [1.29, 1.82) is 0 Å². The van der Waals surface area contributed by atoms with Gasteiger partial charge in [-0.05, 0) is 29.8 Å². The van der Waals surface area contributed by atoms with Crippen molar-refractivity contribution < 1.29 is 18.7 Å². The van der Waals surface area contributed by atoms with Crippen molar-refractivity contribution in [2.45, 2.75) is 13.2 Å². The lowest BCUT2D eigenvalue weighted by molar-refractivity contribution is 0.0463. The largest absolute Gasteiger partial charge is 0.457 e. The van der Waals surface area contributed by atoms with E-state index in [0.717, 1.165) is 5.56 Å². The number of hydrogen-bond acceptors (Lipinski definition) is 3. The Bertz CT molecular complexity index is 1000. The second-order valence-electron chi connectivity index (χ2n) is 6.47. The quantitative estimate of drug-likeness (QED) is 0.529. The van der Waals surface area contributed by atoms with E-state index < -0.39 is 11.8 Å². The summed E-state index contributed by atoms with van der Waals surface area (Å²) in [5.74, 6) is -1.59. The van der Waals surface area contributed by atoms with E-state index in [-0.39, 0.29) is 34.2 Å². The summed E-state index contributed by atoms with van der Waals surface area (Å²) in [6.45, 7) is 0.0700. The highest BCUT2D eigenvalue weighted by Gasteiger charge is 2.21. The maximum absolute atomic E-state index is 13.9. The molecule has 0 unspecified atom stereocenters. The monoisotopic (exact) mass is 411 g/mol. The van der Waals surface area contributed by atoms with E-state index in [4.69, 9.17) is 16.3 Å². The number of amides is 1. The molecule has 0 heterocycles. The lowest BCUT2D eigenvalue weighted by atomic mass is 10.1. The number of carbonyl (C=O) groups excluding carboxylic acids is 2. The number of rotatable bonds is 6. The van der Waals surface area contributed by atoms with Gasteiger partial charge in [-0.2, -0.15) is 0 Å². The van der Waals surface area contributed by atoms with Crippen LogP contribution in [0.25, 0.3) is 0 Å². The van der Waals surface area contributed by atoms with Crippen molar-refractivity contribution in [1.82, 2.24) is 4.90 Å². The van der Waals surface area contributed by atoms with Crippen molar-refractivity contribution in [3.63, 3.8) is 0 Å². The van der Waals surface area contributed by atoms with Gasteiger partial charge in [0.2, 0.25) is 0 Å². The van der Waals surface area contributed by atoms with Crippen molar-refractivity contribution in [3.8, 4) is 0 Å². The number of benzene rings is 3. The van der Waals surface area contributed by atoms with E-state index >= 15 is 0 Å². The third-order valence-corrected chi connectivity index (χ3v) is 4.75. The molecule has 0 radical (unpaired) electrons. The number of esters is 1. The van der Waals surface area contributed by atoms with Gasteiger partial charge in [0.1, 0.15) is 12.4 Å². The Balaban J connectivity index is 1.75. The predicted octanol–water partition coefficient (Wildman–Crippen LogP) is 5.11. The van der Waals surface area contributed by atoms with E-state index in [1.54, 1.807) is 25.2 Å². The highest BCUT2D eigenvalue weighted by molar-refractivity contribution is 6.31. The van der Waals surface area contributed by atoms with Crippen molar-refractivity contribution in [3.05, 3.63) is 106 Å². The molecule has 0 aliphatic rings. The van der Waals surface area contributed by atoms with Gasteiger partial charge in [-0.3, -0.25) is 4.79 Å². The fourth-order valence-corrected chi connectivity index (χ4v) is 3.09. The molecule has 3 aromatic carbocycles. The van der Waals surface area contributed by atoms with E-state index in [1.165, 1.54) is 29.2 Å². The van der Waals surface area contributed by atoms with Crippen LogP contribution in [0.3, 0.4) is 0 Å². The lowest BCUT2D eigenvalue weighted by Gasteiger charge is -2.19. The maximum atomic E-state index is 13.9. The van der Waals surface area contributed by atoms with Crippen LogP contribution >= 0.6 is 11.6 Å². The summed E-state index contributed by atoms with van der Waals surface area (Å²) in [5, 5.41) is 0.171. The SMILES string of the molecule is CN(Cc1ccccc1)C(=O)c1ccccc1C(=O)OCc1c(F)cccc1Cl. The minimum Gasteiger partial charge on any atom is -0.457 e. The summed E-state index contributed by atoms with van der Waals surface area (Å²) in [6, 6.07) is 20.1. The summed E-state index contributed by atoms with van der Waals surface area (Å²) >= 11 is 5.97. The van der Waals surface area contributed by atoms with Crippen LogP contribution in [-0.2, 0) is 17.9 Å². The number of hydrogen-bond donors (Lipinski definition) is 0. The summed E-state index contributed by atoms with van der Waals surface area (Å²) in [7, 11) is 1.66. The van der Waals surface area contributed by atoms with Gasteiger partial charge in [-0.1, -0.05) is 60.1 Å². The van der Waals surface area contributed by atoms with Crippen LogP contribution in [-0.4, -0.2) is 23.8 Å². The minimum absolute atomic E-state index is 0.0903. The Morgan fingerprint density at radius 2 is 1.59 bits per heavy atom. The fourth-order valence-electron chi connectivity index (χ4n) is 2.87. The summed E-state index contributed by atoms with van der Waals surface area (Å²) in [5.41, 5.74) is 1.39. The molecule has 1 amide bonds. The van der Waals surface area contributed by atoms with Crippen LogP contribution in [0.2, 0.25) is 5.02 Å². The summed E-state index contributed by atoms with van der Waals surface area (Å²) in [4.78, 5) is 27.0. The second kappa shape index (κ2) is 9.34. The third-order valence-electron chi connectivity index (χ3n) is 4.40. The Morgan fingerprint density at radius 3 is 2.28 bits per heavy atom. The van der Waals surface area contributed by atoms with Crippen LogP contribution in [0.15, 0.2) is 72.8 Å². The molecule has 3 rings (SSSR count). The van der Waals surface area contributed by atoms with Crippen LogP contribution in [0.4, 0.5) is 4.39 Å². The van der Waals surface area contributed by atoms with Gasteiger partial charge in [0, 0.05) is 19.2 Å². The zero-order valence-corrected chi connectivity index (χ0v) is 16.5. The van der Waals surface area contributed by atoms with Crippen LogP contribution < -0.4 is 0 Å². The van der Waals surface area contributed by atoms with Gasteiger partial charge in [0.05, 0.1) is 16.1 Å². The van der Waals surface area contributed by atoms with E-state index in [2.05, 4.69) is 0 Å². The molecule has 0 fully saturated rings. The Hall–Kier alpha value is -3.18. The lowest BCUT2D eigenvalue weighted by Crippen LogP contribution is -2.28. The van der Waals surface area contributed by atoms with Gasteiger partial charge in [-0.15, -0.1) is 0 Å². The molecule has 0 spiro atoms. The van der Waals surface area contributed by atoms with Crippen LogP contribution in [0.5, 0.6) is 0 Å². The summed E-state index contributed by atoms with van der Waals surface area (Å²) in [6.07, 6.45) is 0. The highest BCUT2D eigenvalue weighted by atomic mass is 35.5. The zero-order chi connectivity index (χ0) is 20.8. The molecule has 3 aromatic rings. The first-order valence-electron chi connectivity index (χ1n) is 8.96. The summed E-state index contributed by atoms with van der Waals surface area (Å²) < 4.78 is 19.1. The molecule has 0 atom stereocenters. The average molecular weight is 412 g/mol. The molecule has 148 valence electrons. The molecule has 0 bridgehead atoms. The molecule has 0 aliphatic heterocycles. The molecular weight excluding hydrogens is 393 g/mol. The Kier molecular flexibility index (Phi) is 6.62. The highest BCUT2D eigenvalue weighted by Crippen LogP contribution is 2.21. The molecule has 6 heteroatoms. The Morgan fingerprint density at radius 1 is 0.931 bits per heavy atom. The van der Waals surface area contributed by atoms with Gasteiger partial charge >= 0.3 is 5.97 Å². The Labute approximate surface area is 173 Å². The van der Waals surface area contributed by atoms with Gasteiger partial charge in [0.25, 0.3) is 5.91 Å². The van der Waals surface area contributed by atoms with Gasteiger partial charge in [-0.25, -0.2) is 9.18 Å². The van der Waals surface area contributed by atoms with Crippen molar-refractivity contribution >= 4 is 23.5 Å². The third kappa shape index (κ3) is 5.00. The standard InChI is InChI=1S/C23H19ClFNO3/c1-26(14-16-8-3-2-4-9-16)22(27)17-10-5-6-11-18(17)23(28)29-15-19-20(24)12-7-13-21(19)25/h2-13H,14-15H2,1H3. The van der Waals surface area contributed by atoms with Gasteiger partial charge < -0.3 is 9.64 Å². The fraction of sp³-hybridized carbons (Fsp3) is 0.130. The molecule has 4 nitrogen and oxygen atoms in total. The zero-order valence-electron chi connectivity index (χ0n) is 15.8. The normalized spacial score (nSPS) is 10.4. The number of carbonyl (C=O) groups is 2. The van der Waals surface area contributed by atoms with E-state index in [1.807, 2.05) is 30.3 Å². The first-order valence-corrected chi connectivity index (χ1v) is 9.33. The molecular formula is C23H19ClFNO3.